The van der Waals surface area contributed by atoms with Crippen molar-refractivity contribution in [1.29, 1.82) is 0 Å². The van der Waals surface area contributed by atoms with Crippen LogP contribution in [0, 0.1) is 0 Å². The topological polar surface area (TPSA) is 55.8 Å². The SMILES string of the molecule is COc1ccc(CN(C)S(=O)(=O)c2ccc(OC)c(C(C)C)c2)cc1. The van der Waals surface area contributed by atoms with Crippen LogP contribution in [0.25, 0.3) is 0 Å². The maximum absolute atomic E-state index is 12.9. The summed E-state index contributed by atoms with van der Waals surface area (Å²) in [6.07, 6.45) is 0. The van der Waals surface area contributed by atoms with Gasteiger partial charge in [-0.2, -0.15) is 4.31 Å². The summed E-state index contributed by atoms with van der Waals surface area (Å²) in [5.74, 6) is 1.61. The molecule has 0 aliphatic heterocycles. The van der Waals surface area contributed by atoms with E-state index in [-0.39, 0.29) is 17.4 Å². The van der Waals surface area contributed by atoms with Gasteiger partial charge in [-0.05, 0) is 47.4 Å². The third-order valence-electron chi connectivity index (χ3n) is 4.10. The van der Waals surface area contributed by atoms with Crippen LogP contribution in [0.1, 0.15) is 30.9 Å². The van der Waals surface area contributed by atoms with Gasteiger partial charge in [0.25, 0.3) is 0 Å². The van der Waals surface area contributed by atoms with Gasteiger partial charge in [0.15, 0.2) is 0 Å². The molecule has 0 bridgehead atoms. The zero-order valence-electron chi connectivity index (χ0n) is 15.3. The first-order valence-electron chi connectivity index (χ1n) is 8.06. The third-order valence-corrected chi connectivity index (χ3v) is 5.90. The van der Waals surface area contributed by atoms with Crippen molar-refractivity contribution in [3.05, 3.63) is 53.6 Å². The van der Waals surface area contributed by atoms with Crippen LogP contribution in [0.2, 0.25) is 0 Å². The molecule has 0 aromatic heterocycles. The average molecular weight is 363 g/mol. The van der Waals surface area contributed by atoms with E-state index >= 15 is 0 Å². The third kappa shape index (κ3) is 4.32. The minimum absolute atomic E-state index is 0.164. The van der Waals surface area contributed by atoms with Gasteiger partial charge in [0.05, 0.1) is 19.1 Å². The molecule has 25 heavy (non-hydrogen) atoms. The van der Waals surface area contributed by atoms with Gasteiger partial charge in [-0.15, -0.1) is 0 Å². The van der Waals surface area contributed by atoms with Crippen LogP contribution >= 0.6 is 0 Å². The highest BCUT2D eigenvalue weighted by Crippen LogP contribution is 2.30. The van der Waals surface area contributed by atoms with Gasteiger partial charge in [0.2, 0.25) is 10.0 Å². The standard InChI is InChI=1S/C19H25NO4S/c1-14(2)18-12-17(10-11-19(18)24-5)25(21,22)20(3)13-15-6-8-16(23-4)9-7-15/h6-12,14H,13H2,1-5H3. The van der Waals surface area contributed by atoms with Crippen LogP contribution in [0.5, 0.6) is 11.5 Å². The van der Waals surface area contributed by atoms with E-state index in [0.29, 0.717) is 5.75 Å². The van der Waals surface area contributed by atoms with Crippen molar-refractivity contribution >= 4 is 10.0 Å². The Morgan fingerprint density at radius 3 is 2.16 bits per heavy atom. The molecule has 5 nitrogen and oxygen atoms in total. The first-order valence-corrected chi connectivity index (χ1v) is 9.50. The molecule has 2 rings (SSSR count). The highest BCUT2D eigenvalue weighted by molar-refractivity contribution is 7.89. The van der Waals surface area contributed by atoms with Gasteiger partial charge in [-0.1, -0.05) is 26.0 Å². The lowest BCUT2D eigenvalue weighted by molar-refractivity contribution is 0.406. The summed E-state index contributed by atoms with van der Waals surface area (Å²) >= 11 is 0. The molecular weight excluding hydrogens is 338 g/mol. The summed E-state index contributed by atoms with van der Waals surface area (Å²) in [6.45, 7) is 4.31. The van der Waals surface area contributed by atoms with Crippen molar-refractivity contribution in [2.24, 2.45) is 0 Å². The van der Waals surface area contributed by atoms with Crippen LogP contribution in [0.3, 0.4) is 0 Å². The normalized spacial score (nSPS) is 11.8. The predicted molar refractivity (Wildman–Crippen MR) is 98.7 cm³/mol. The van der Waals surface area contributed by atoms with Crippen molar-refractivity contribution in [3.8, 4) is 11.5 Å². The quantitative estimate of drug-likeness (QED) is 0.753. The molecule has 0 saturated carbocycles. The second kappa shape index (κ2) is 7.89. The molecule has 0 aliphatic rings. The predicted octanol–water partition coefficient (Wildman–Crippen LogP) is 3.65. The molecule has 0 saturated heterocycles. The lowest BCUT2D eigenvalue weighted by Crippen LogP contribution is -2.26. The summed E-state index contributed by atoms with van der Waals surface area (Å²) < 4.78 is 37.6. The van der Waals surface area contributed by atoms with Crippen molar-refractivity contribution in [3.63, 3.8) is 0 Å². The Balaban J connectivity index is 2.28. The highest BCUT2D eigenvalue weighted by atomic mass is 32.2. The molecule has 0 aliphatic carbocycles. The van der Waals surface area contributed by atoms with Crippen LogP contribution in [-0.2, 0) is 16.6 Å². The Morgan fingerprint density at radius 1 is 1.00 bits per heavy atom. The van der Waals surface area contributed by atoms with E-state index in [2.05, 4.69) is 0 Å². The zero-order chi connectivity index (χ0) is 18.6. The number of rotatable bonds is 7. The van der Waals surface area contributed by atoms with Crippen molar-refractivity contribution in [2.45, 2.75) is 31.2 Å². The molecule has 0 radical (unpaired) electrons. The second-order valence-corrected chi connectivity index (χ2v) is 8.21. The molecular formula is C19H25NO4S. The van der Waals surface area contributed by atoms with Crippen molar-refractivity contribution in [1.82, 2.24) is 4.31 Å². The van der Waals surface area contributed by atoms with Crippen LogP contribution in [0.15, 0.2) is 47.4 Å². The molecule has 6 heteroatoms. The summed E-state index contributed by atoms with van der Waals surface area (Å²) in [7, 11) is 1.18. The fourth-order valence-electron chi connectivity index (χ4n) is 2.58. The summed E-state index contributed by atoms with van der Waals surface area (Å²) in [4.78, 5) is 0.271. The lowest BCUT2D eigenvalue weighted by Gasteiger charge is -2.19. The zero-order valence-corrected chi connectivity index (χ0v) is 16.1. The van der Waals surface area contributed by atoms with E-state index < -0.39 is 10.0 Å². The summed E-state index contributed by atoms with van der Waals surface area (Å²) in [5, 5.41) is 0. The number of ether oxygens (including phenoxy) is 2. The minimum atomic E-state index is -3.59. The van der Waals surface area contributed by atoms with E-state index in [9.17, 15) is 8.42 Å². The monoisotopic (exact) mass is 363 g/mol. The van der Waals surface area contributed by atoms with Crippen LogP contribution < -0.4 is 9.47 Å². The molecule has 2 aromatic rings. The maximum Gasteiger partial charge on any atom is 0.243 e. The van der Waals surface area contributed by atoms with Crippen LogP contribution in [0.4, 0.5) is 0 Å². The van der Waals surface area contributed by atoms with Crippen LogP contribution in [-0.4, -0.2) is 34.0 Å². The summed E-state index contributed by atoms with van der Waals surface area (Å²) in [6, 6.07) is 12.4. The number of benzene rings is 2. The Hall–Kier alpha value is -2.05. The Labute approximate surface area is 150 Å². The van der Waals surface area contributed by atoms with Gasteiger partial charge in [0.1, 0.15) is 11.5 Å². The van der Waals surface area contributed by atoms with Gasteiger partial charge >= 0.3 is 0 Å². The van der Waals surface area contributed by atoms with E-state index in [1.165, 1.54) is 4.31 Å². The molecule has 0 fully saturated rings. The Kier molecular flexibility index (Phi) is 6.08. The Morgan fingerprint density at radius 2 is 1.64 bits per heavy atom. The average Bonchev–Trinajstić information content (AvgIpc) is 2.61. The molecule has 0 amide bonds. The molecule has 136 valence electrons. The van der Waals surface area contributed by atoms with Gasteiger partial charge < -0.3 is 9.47 Å². The summed E-state index contributed by atoms with van der Waals surface area (Å²) in [5.41, 5.74) is 1.77. The molecule has 0 N–H and O–H groups in total. The fourth-order valence-corrected chi connectivity index (χ4v) is 3.77. The first-order chi connectivity index (χ1) is 11.8. The number of hydrogen-bond donors (Lipinski definition) is 0. The fraction of sp³-hybridized carbons (Fsp3) is 0.368. The van der Waals surface area contributed by atoms with Crippen molar-refractivity contribution in [2.75, 3.05) is 21.3 Å². The molecule has 0 spiro atoms. The maximum atomic E-state index is 12.9. The van der Waals surface area contributed by atoms with Crippen molar-refractivity contribution < 1.29 is 17.9 Å². The van der Waals surface area contributed by atoms with Gasteiger partial charge in [0, 0.05) is 13.6 Å². The van der Waals surface area contributed by atoms with E-state index in [4.69, 9.17) is 9.47 Å². The van der Waals surface area contributed by atoms with E-state index in [1.807, 2.05) is 38.1 Å². The number of hydrogen-bond acceptors (Lipinski definition) is 4. The highest BCUT2D eigenvalue weighted by Gasteiger charge is 2.23. The smallest absolute Gasteiger partial charge is 0.243 e. The molecule has 0 heterocycles. The van der Waals surface area contributed by atoms with E-state index in [1.54, 1.807) is 39.5 Å². The molecule has 0 atom stereocenters. The second-order valence-electron chi connectivity index (χ2n) is 6.17. The van der Waals surface area contributed by atoms with Gasteiger partial charge in [-0.3, -0.25) is 0 Å². The minimum Gasteiger partial charge on any atom is -0.497 e. The first kappa shape index (κ1) is 19.3. The van der Waals surface area contributed by atoms with Gasteiger partial charge in [-0.25, -0.2) is 8.42 Å². The number of sulfonamides is 1. The molecule has 2 aromatic carbocycles. The lowest BCUT2D eigenvalue weighted by atomic mass is 10.0. The Bertz CT molecular complexity index is 814. The number of nitrogens with zero attached hydrogens (tertiary/aromatic N) is 1. The number of methoxy groups -OCH3 is 2. The largest absolute Gasteiger partial charge is 0.497 e. The van der Waals surface area contributed by atoms with E-state index in [0.717, 1.165) is 16.9 Å². The molecule has 0 unspecified atom stereocenters.